The third-order valence-corrected chi connectivity index (χ3v) is 9.21. The Labute approximate surface area is 329 Å². The van der Waals surface area contributed by atoms with E-state index in [2.05, 4.69) is 55.4 Å². The molecule has 0 aromatic heterocycles. The molecule has 0 N–H and O–H groups in total. The van der Waals surface area contributed by atoms with Crippen LogP contribution in [0.5, 0.6) is 0 Å². The second-order valence-electron chi connectivity index (χ2n) is 15.4. The molecule has 0 amide bonds. The van der Waals surface area contributed by atoms with Crippen molar-refractivity contribution < 1.29 is 76.3 Å². The van der Waals surface area contributed by atoms with E-state index in [4.69, 9.17) is 4.74 Å². The maximum atomic E-state index is 12.3. The van der Waals surface area contributed by atoms with Crippen molar-refractivity contribution in [1.82, 2.24) is 0 Å². The van der Waals surface area contributed by atoms with E-state index in [-0.39, 0.29) is 62.0 Å². The van der Waals surface area contributed by atoms with E-state index in [1.165, 1.54) is 102 Å². The van der Waals surface area contributed by atoms with Crippen LogP contribution in [0.3, 0.4) is 0 Å². The second kappa shape index (κ2) is 31.9. The molecule has 0 aromatic rings. The summed E-state index contributed by atoms with van der Waals surface area (Å²) in [7, 11) is 0. The standard InChI is InChI=1S/C40H74O3.2Na.2H/c1-31(2)17-11-19-33(5)21-13-23-35(7)25-15-27-37(9)29-39(41)43-40(42)30-38(10)28-16-26-36(8)24-14-22-34(6)20-12-18-32(3)4;;;;/h29-36H,11-28H2,1-10H3;;;;/q;2*+1;2*-1/b37-29+,38-30+;;;;/t33-,34-,35-,36-;;;;/m1..../s1. The molecule has 0 saturated carbocycles. The summed E-state index contributed by atoms with van der Waals surface area (Å²) in [5, 5.41) is 0. The van der Waals surface area contributed by atoms with E-state index in [1.807, 2.05) is 13.8 Å². The Morgan fingerprint density at radius 3 is 0.978 bits per heavy atom. The molecule has 0 aliphatic carbocycles. The van der Waals surface area contributed by atoms with E-state index in [9.17, 15) is 9.59 Å². The van der Waals surface area contributed by atoms with Crippen LogP contribution in [0.4, 0.5) is 0 Å². The monoisotopic (exact) mass is 651 g/mol. The molecule has 0 aliphatic heterocycles. The van der Waals surface area contributed by atoms with Gasteiger partial charge in [0.15, 0.2) is 0 Å². The SMILES string of the molecule is C/C(=C\C(=O)OC(=O)/C=C(\C)CCC[C@H](C)CCC[C@H](C)CCCC(C)C)CCC[C@H](C)CCC[C@H](C)CCCC(C)C.[H-].[H-].[Na+].[Na+]. The number of carbonyl (C=O) groups is 2. The number of ether oxygens (including phenoxy) is 1. The Kier molecular flexibility index (Phi) is 35.4. The topological polar surface area (TPSA) is 43.4 Å². The van der Waals surface area contributed by atoms with Gasteiger partial charge in [-0.25, -0.2) is 9.59 Å². The molecule has 0 rings (SSSR count). The minimum Gasteiger partial charge on any atom is -1.00 e. The third kappa shape index (κ3) is 34.3. The Bertz CT molecular complexity index is 734. The number of hydrogen-bond donors (Lipinski definition) is 0. The first-order valence-electron chi connectivity index (χ1n) is 18.4. The summed E-state index contributed by atoms with van der Waals surface area (Å²) in [4.78, 5) is 24.5. The first-order valence-corrected chi connectivity index (χ1v) is 18.4. The summed E-state index contributed by atoms with van der Waals surface area (Å²) in [6.07, 6.45) is 25.3. The maximum absolute atomic E-state index is 12.3. The molecule has 0 radical (unpaired) electrons. The van der Waals surface area contributed by atoms with Gasteiger partial charge in [0.2, 0.25) is 0 Å². The van der Waals surface area contributed by atoms with Gasteiger partial charge in [-0.3, -0.25) is 0 Å². The summed E-state index contributed by atoms with van der Waals surface area (Å²) < 4.78 is 5.05. The van der Waals surface area contributed by atoms with Gasteiger partial charge in [0.1, 0.15) is 0 Å². The first kappa shape index (κ1) is 50.0. The van der Waals surface area contributed by atoms with Crippen LogP contribution in [-0.2, 0) is 14.3 Å². The molecule has 0 aliphatic rings. The van der Waals surface area contributed by atoms with Crippen molar-refractivity contribution in [1.29, 1.82) is 0 Å². The average Bonchev–Trinajstić information content (AvgIpc) is 2.87. The Morgan fingerprint density at radius 1 is 0.467 bits per heavy atom. The molecule has 0 heterocycles. The Balaban J connectivity index is -0.00000147. The van der Waals surface area contributed by atoms with Crippen LogP contribution in [-0.4, -0.2) is 11.9 Å². The van der Waals surface area contributed by atoms with Gasteiger partial charge in [0.25, 0.3) is 0 Å². The van der Waals surface area contributed by atoms with Crippen molar-refractivity contribution in [2.75, 3.05) is 0 Å². The molecule has 0 unspecified atom stereocenters. The minimum absolute atomic E-state index is 0. The molecule has 3 nitrogen and oxygen atoms in total. The predicted molar refractivity (Wildman–Crippen MR) is 190 cm³/mol. The van der Waals surface area contributed by atoms with Crippen LogP contribution in [0.2, 0.25) is 0 Å². The second-order valence-corrected chi connectivity index (χ2v) is 15.4. The molecule has 45 heavy (non-hydrogen) atoms. The fraction of sp³-hybridized carbons (Fsp3) is 0.850. The zero-order chi connectivity index (χ0) is 32.6. The van der Waals surface area contributed by atoms with Crippen molar-refractivity contribution in [2.45, 2.75) is 185 Å². The Morgan fingerprint density at radius 2 is 0.711 bits per heavy atom. The molecule has 0 fully saturated rings. The van der Waals surface area contributed by atoms with Gasteiger partial charge in [-0.1, -0.05) is 156 Å². The molecule has 5 heteroatoms. The number of hydrogen-bond acceptors (Lipinski definition) is 3. The van der Waals surface area contributed by atoms with E-state index < -0.39 is 11.9 Å². The van der Waals surface area contributed by atoms with E-state index >= 15 is 0 Å². The predicted octanol–water partition coefficient (Wildman–Crippen LogP) is 7.06. The summed E-state index contributed by atoms with van der Waals surface area (Å²) in [6, 6.07) is 0. The van der Waals surface area contributed by atoms with Crippen molar-refractivity contribution in [3.8, 4) is 0 Å². The van der Waals surface area contributed by atoms with Crippen LogP contribution in [0, 0.1) is 35.5 Å². The van der Waals surface area contributed by atoms with Crippen molar-refractivity contribution in [2.24, 2.45) is 35.5 Å². The van der Waals surface area contributed by atoms with E-state index in [0.29, 0.717) is 11.8 Å². The molecule has 4 atom stereocenters. The quantitative estimate of drug-likeness (QED) is 0.0436. The van der Waals surface area contributed by atoms with Crippen LogP contribution in [0.1, 0.15) is 188 Å². The number of carbonyl (C=O) groups excluding carboxylic acids is 2. The van der Waals surface area contributed by atoms with Gasteiger partial charge >= 0.3 is 71.1 Å². The largest absolute Gasteiger partial charge is 1.00 e. The molecule has 0 spiro atoms. The van der Waals surface area contributed by atoms with Gasteiger partial charge < -0.3 is 7.59 Å². The van der Waals surface area contributed by atoms with E-state index in [1.54, 1.807) is 0 Å². The van der Waals surface area contributed by atoms with Crippen LogP contribution >= 0.6 is 0 Å². The Hall–Kier alpha value is 0.620. The average molecular weight is 651 g/mol. The van der Waals surface area contributed by atoms with Gasteiger partial charge in [0.05, 0.1) is 0 Å². The van der Waals surface area contributed by atoms with Gasteiger partial charge in [-0.15, -0.1) is 0 Å². The fourth-order valence-corrected chi connectivity index (χ4v) is 6.12. The summed E-state index contributed by atoms with van der Waals surface area (Å²) in [6.45, 7) is 22.7. The molecule has 0 saturated heterocycles. The van der Waals surface area contributed by atoms with Gasteiger partial charge in [0, 0.05) is 12.2 Å². The molecular weight excluding hydrogens is 574 g/mol. The number of rotatable bonds is 26. The van der Waals surface area contributed by atoms with Crippen molar-refractivity contribution in [3.05, 3.63) is 23.3 Å². The molecule has 0 bridgehead atoms. The van der Waals surface area contributed by atoms with Crippen LogP contribution in [0.25, 0.3) is 0 Å². The maximum Gasteiger partial charge on any atom is 1.00 e. The zero-order valence-electron chi connectivity index (χ0n) is 34.6. The summed E-state index contributed by atoms with van der Waals surface area (Å²) >= 11 is 0. The van der Waals surface area contributed by atoms with Crippen LogP contribution in [0.15, 0.2) is 23.3 Å². The van der Waals surface area contributed by atoms with Crippen LogP contribution < -0.4 is 59.1 Å². The van der Waals surface area contributed by atoms with Crippen molar-refractivity contribution >= 4 is 11.9 Å². The first-order chi connectivity index (χ1) is 20.3. The fourth-order valence-electron chi connectivity index (χ4n) is 6.12. The zero-order valence-corrected chi connectivity index (χ0v) is 36.6. The smallest absolute Gasteiger partial charge is 1.00 e. The summed E-state index contributed by atoms with van der Waals surface area (Å²) in [5.74, 6) is 3.66. The number of allylic oxidation sites excluding steroid dienone is 2. The third-order valence-electron chi connectivity index (χ3n) is 9.21. The van der Waals surface area contributed by atoms with E-state index in [0.717, 1.165) is 60.5 Å². The molecule has 256 valence electrons. The molecular formula is C40H76Na2O3. The number of esters is 2. The summed E-state index contributed by atoms with van der Waals surface area (Å²) in [5.41, 5.74) is 1.98. The normalized spacial score (nSPS) is 14.8. The minimum atomic E-state index is -0.543. The molecule has 0 aromatic carbocycles. The van der Waals surface area contributed by atoms with Gasteiger partial charge in [-0.2, -0.15) is 0 Å². The van der Waals surface area contributed by atoms with Crippen molar-refractivity contribution in [3.63, 3.8) is 0 Å². The van der Waals surface area contributed by atoms with Gasteiger partial charge in [-0.05, 0) is 75.0 Å².